The Morgan fingerprint density at radius 1 is 1.30 bits per heavy atom. The lowest BCUT2D eigenvalue weighted by atomic mass is 10.2. The molecule has 1 fully saturated rings. The molecule has 23 heavy (non-hydrogen) atoms. The summed E-state index contributed by atoms with van der Waals surface area (Å²) in [6, 6.07) is 3.15. The molecular formula is C15H22FNO4S2. The van der Waals surface area contributed by atoms with Crippen LogP contribution >= 0.6 is 0 Å². The smallest absolute Gasteiger partial charge is 0.186 e. The minimum Gasteiger partial charge on any atom is -0.312 e. The Morgan fingerprint density at radius 3 is 2.65 bits per heavy atom. The molecule has 0 aromatic heterocycles. The molecule has 0 aliphatic carbocycles. The van der Waals surface area contributed by atoms with Crippen molar-refractivity contribution in [3.8, 4) is 0 Å². The maximum atomic E-state index is 14.0. The molecule has 130 valence electrons. The van der Waals surface area contributed by atoms with Gasteiger partial charge in [0.25, 0.3) is 0 Å². The second kappa shape index (κ2) is 6.86. The van der Waals surface area contributed by atoms with Gasteiger partial charge in [-0.2, -0.15) is 0 Å². The summed E-state index contributed by atoms with van der Waals surface area (Å²) in [6.45, 7) is 4.20. The summed E-state index contributed by atoms with van der Waals surface area (Å²) in [5.74, 6) is -1.53. The molecule has 0 saturated carbocycles. The van der Waals surface area contributed by atoms with Gasteiger partial charge in [0.2, 0.25) is 0 Å². The number of hydrogen-bond donors (Lipinski definition) is 1. The highest BCUT2D eigenvalue weighted by atomic mass is 32.2. The van der Waals surface area contributed by atoms with Gasteiger partial charge in [-0.25, -0.2) is 21.2 Å². The normalized spacial score (nSPS) is 24.0. The van der Waals surface area contributed by atoms with Gasteiger partial charge in [0.1, 0.15) is 10.7 Å². The lowest BCUT2D eigenvalue weighted by Crippen LogP contribution is -2.43. The van der Waals surface area contributed by atoms with Gasteiger partial charge >= 0.3 is 0 Å². The molecule has 1 aromatic carbocycles. The molecule has 1 saturated heterocycles. The third-order valence-corrected chi connectivity index (χ3v) is 8.19. The molecule has 1 heterocycles. The summed E-state index contributed by atoms with van der Waals surface area (Å²) < 4.78 is 63.4. The highest BCUT2D eigenvalue weighted by molar-refractivity contribution is 7.96. The fourth-order valence-electron chi connectivity index (χ4n) is 2.77. The van der Waals surface area contributed by atoms with Crippen LogP contribution in [0.3, 0.4) is 0 Å². The molecule has 8 heteroatoms. The molecule has 1 N–H and O–H groups in total. The second-order valence-corrected chi connectivity index (χ2v) is 10.3. The topological polar surface area (TPSA) is 80.3 Å². The molecule has 0 bridgehead atoms. The predicted octanol–water partition coefficient (Wildman–Crippen LogP) is 1.46. The zero-order chi connectivity index (χ0) is 17.3. The van der Waals surface area contributed by atoms with E-state index >= 15 is 0 Å². The Balaban J connectivity index is 2.37. The summed E-state index contributed by atoms with van der Waals surface area (Å²) >= 11 is 0. The van der Waals surface area contributed by atoms with Gasteiger partial charge in [0.15, 0.2) is 19.7 Å². The molecule has 1 aliphatic heterocycles. The van der Waals surface area contributed by atoms with E-state index in [9.17, 15) is 21.2 Å². The number of benzene rings is 1. The first-order valence-electron chi connectivity index (χ1n) is 7.61. The maximum absolute atomic E-state index is 14.0. The lowest BCUT2D eigenvalue weighted by molar-refractivity contribution is 0.512. The van der Waals surface area contributed by atoms with Crippen LogP contribution in [0.1, 0.15) is 25.3 Å². The SMILES string of the molecule is CCCCN[C@H]1CS(=O)(=O)C[C@@H]1S(=O)(=O)c1cc(C)ccc1F. The van der Waals surface area contributed by atoms with Crippen LogP contribution in [0.15, 0.2) is 23.1 Å². The first-order chi connectivity index (χ1) is 10.7. The van der Waals surface area contributed by atoms with Gasteiger partial charge < -0.3 is 5.32 Å². The first kappa shape index (κ1) is 18.4. The van der Waals surface area contributed by atoms with Crippen LogP contribution in [0.4, 0.5) is 4.39 Å². The van der Waals surface area contributed by atoms with E-state index in [1.807, 2.05) is 6.92 Å². The molecule has 2 atom stereocenters. The molecule has 5 nitrogen and oxygen atoms in total. The van der Waals surface area contributed by atoms with Gasteiger partial charge in [0, 0.05) is 6.04 Å². The Kier molecular flexibility index (Phi) is 5.48. The highest BCUT2D eigenvalue weighted by Crippen LogP contribution is 2.28. The van der Waals surface area contributed by atoms with Crippen molar-refractivity contribution >= 4 is 19.7 Å². The Labute approximate surface area is 137 Å². The van der Waals surface area contributed by atoms with Crippen LogP contribution in [-0.4, -0.2) is 46.2 Å². The molecule has 0 spiro atoms. The standard InChI is InChI=1S/C15H22FNO4S2/c1-3-4-7-17-13-9-22(18,19)10-15(13)23(20,21)14-8-11(2)5-6-12(14)16/h5-6,8,13,15,17H,3-4,7,9-10H2,1-2H3/t13-,15-/m0/s1. The average Bonchev–Trinajstić information content (AvgIpc) is 2.77. The van der Waals surface area contributed by atoms with Gasteiger partial charge in [-0.3, -0.25) is 0 Å². The number of sulfone groups is 2. The van der Waals surface area contributed by atoms with Crippen molar-refractivity contribution < 1.29 is 21.2 Å². The van der Waals surface area contributed by atoms with Crippen LogP contribution in [0.25, 0.3) is 0 Å². The van der Waals surface area contributed by atoms with E-state index in [-0.39, 0.29) is 5.75 Å². The van der Waals surface area contributed by atoms with Crippen molar-refractivity contribution in [1.82, 2.24) is 5.32 Å². The van der Waals surface area contributed by atoms with Gasteiger partial charge in [-0.15, -0.1) is 0 Å². The Morgan fingerprint density at radius 2 is 2.00 bits per heavy atom. The quantitative estimate of drug-likeness (QED) is 0.774. The van der Waals surface area contributed by atoms with Crippen molar-refractivity contribution in [1.29, 1.82) is 0 Å². The number of rotatable bonds is 6. The maximum Gasteiger partial charge on any atom is 0.186 e. The van der Waals surface area contributed by atoms with Gasteiger partial charge in [0.05, 0.1) is 16.8 Å². The van der Waals surface area contributed by atoms with E-state index in [0.29, 0.717) is 12.1 Å². The largest absolute Gasteiger partial charge is 0.312 e. The highest BCUT2D eigenvalue weighted by Gasteiger charge is 2.46. The van der Waals surface area contributed by atoms with Gasteiger partial charge in [-0.1, -0.05) is 19.4 Å². The number of unbranched alkanes of at least 4 members (excludes halogenated alkanes) is 1. The van der Waals surface area contributed by atoms with E-state index in [4.69, 9.17) is 0 Å². The van der Waals surface area contributed by atoms with E-state index in [0.717, 1.165) is 18.9 Å². The van der Waals surface area contributed by atoms with Crippen molar-refractivity contribution in [3.05, 3.63) is 29.6 Å². The fourth-order valence-corrected chi connectivity index (χ4v) is 7.64. The summed E-state index contributed by atoms with van der Waals surface area (Å²) in [4.78, 5) is -0.415. The molecule has 0 radical (unpaired) electrons. The minimum atomic E-state index is -4.07. The molecule has 0 amide bonds. The Hall–Kier alpha value is -0.990. The zero-order valence-corrected chi connectivity index (χ0v) is 14.9. The average molecular weight is 363 g/mol. The molecular weight excluding hydrogens is 341 g/mol. The predicted molar refractivity (Wildman–Crippen MR) is 87.5 cm³/mol. The van der Waals surface area contributed by atoms with Gasteiger partial charge in [-0.05, 0) is 37.6 Å². The van der Waals surface area contributed by atoms with E-state index in [1.165, 1.54) is 12.1 Å². The molecule has 0 unspecified atom stereocenters. The van der Waals surface area contributed by atoms with Crippen molar-refractivity contribution in [3.63, 3.8) is 0 Å². The third kappa shape index (κ3) is 4.10. The summed E-state index contributed by atoms with van der Waals surface area (Å²) in [6.07, 6.45) is 1.73. The molecule has 1 aromatic rings. The van der Waals surface area contributed by atoms with E-state index in [1.54, 1.807) is 6.92 Å². The van der Waals surface area contributed by atoms with E-state index < -0.39 is 47.4 Å². The van der Waals surface area contributed by atoms with Crippen molar-refractivity contribution in [2.75, 3.05) is 18.1 Å². The van der Waals surface area contributed by atoms with Crippen LogP contribution < -0.4 is 5.32 Å². The first-order valence-corrected chi connectivity index (χ1v) is 11.0. The van der Waals surface area contributed by atoms with Crippen LogP contribution in [-0.2, 0) is 19.7 Å². The van der Waals surface area contributed by atoms with E-state index in [2.05, 4.69) is 5.32 Å². The van der Waals surface area contributed by atoms with Crippen LogP contribution in [0.5, 0.6) is 0 Å². The Bertz CT molecular complexity index is 775. The van der Waals surface area contributed by atoms with Crippen molar-refractivity contribution in [2.24, 2.45) is 0 Å². The lowest BCUT2D eigenvalue weighted by Gasteiger charge is -2.20. The van der Waals surface area contributed by atoms with Crippen molar-refractivity contribution in [2.45, 2.75) is 42.9 Å². The summed E-state index contributed by atoms with van der Waals surface area (Å²) in [7, 11) is -7.53. The zero-order valence-electron chi connectivity index (χ0n) is 13.2. The number of hydrogen-bond acceptors (Lipinski definition) is 5. The molecule has 1 aliphatic rings. The number of nitrogens with one attached hydrogen (secondary N) is 1. The van der Waals surface area contributed by atoms with Crippen LogP contribution in [0.2, 0.25) is 0 Å². The number of halogens is 1. The fraction of sp³-hybridized carbons (Fsp3) is 0.600. The summed E-state index contributed by atoms with van der Waals surface area (Å²) in [5, 5.41) is 1.87. The monoisotopic (exact) mass is 363 g/mol. The third-order valence-electron chi connectivity index (χ3n) is 4.03. The minimum absolute atomic E-state index is 0.228. The summed E-state index contributed by atoms with van der Waals surface area (Å²) in [5.41, 5.74) is 0.612. The second-order valence-electron chi connectivity index (χ2n) is 6.01. The van der Waals surface area contributed by atoms with Crippen LogP contribution in [0, 0.1) is 12.7 Å². The molecule has 2 rings (SSSR count). The number of aryl methyl sites for hydroxylation is 1.